The minimum absolute atomic E-state index is 0.00537. The molecule has 0 aliphatic heterocycles. The highest BCUT2D eigenvalue weighted by atomic mass is 79.9. The lowest BCUT2D eigenvalue weighted by Gasteiger charge is -2.11. The number of rotatable bonds is 6. The number of thioether (sulfide) groups is 1. The van der Waals surface area contributed by atoms with Crippen molar-refractivity contribution in [2.45, 2.75) is 44.1 Å². The zero-order valence-electron chi connectivity index (χ0n) is 16.4. The highest BCUT2D eigenvalue weighted by Gasteiger charge is 2.35. The maximum absolute atomic E-state index is 13.6. The maximum Gasteiger partial charge on any atom is 0.199 e. The Morgan fingerprint density at radius 3 is 2.71 bits per heavy atom. The predicted molar refractivity (Wildman–Crippen MR) is 113 cm³/mol. The summed E-state index contributed by atoms with van der Waals surface area (Å²) in [5.74, 6) is 1.07. The van der Waals surface area contributed by atoms with Crippen LogP contribution in [0.25, 0.3) is 0 Å². The summed E-state index contributed by atoms with van der Waals surface area (Å²) < 4.78 is 8.41. The van der Waals surface area contributed by atoms with Crippen molar-refractivity contribution < 1.29 is 9.32 Å². The van der Waals surface area contributed by atoms with Gasteiger partial charge in [0.25, 0.3) is 0 Å². The first-order valence-corrected chi connectivity index (χ1v) is 11.3. The summed E-state index contributed by atoms with van der Waals surface area (Å²) in [6.07, 6.45) is 4.70. The molecule has 4 rings (SSSR count). The fourth-order valence-corrected chi connectivity index (χ4v) is 4.51. The number of carbonyl (C=O) groups excluding carboxylic acids is 1. The zero-order valence-corrected chi connectivity index (χ0v) is 18.8. The molecule has 0 amide bonds. The van der Waals surface area contributed by atoms with E-state index >= 15 is 0 Å². The quantitative estimate of drug-likeness (QED) is 0.374. The van der Waals surface area contributed by atoms with Crippen LogP contribution in [0.4, 0.5) is 0 Å². The molecule has 5 nitrogen and oxygen atoms in total. The maximum atomic E-state index is 13.6. The number of carbonyl (C=O) groups is 1. The molecule has 1 aromatic carbocycles. The Balaban J connectivity index is 1.79. The normalized spacial score (nSPS) is 13.9. The topological polar surface area (TPSA) is 60.9 Å². The van der Waals surface area contributed by atoms with Crippen molar-refractivity contribution in [3.8, 4) is 0 Å². The minimum atomic E-state index is -0.00537. The second-order valence-corrected chi connectivity index (χ2v) is 9.00. The van der Waals surface area contributed by atoms with Crippen molar-refractivity contribution in [1.29, 1.82) is 0 Å². The van der Waals surface area contributed by atoms with Crippen molar-refractivity contribution in [2.24, 2.45) is 7.05 Å². The van der Waals surface area contributed by atoms with Crippen LogP contribution in [0.3, 0.4) is 0 Å². The lowest BCUT2D eigenvalue weighted by atomic mass is 9.93. The minimum Gasteiger partial charge on any atom is -0.359 e. The summed E-state index contributed by atoms with van der Waals surface area (Å²) in [5, 5.41) is 9.34. The van der Waals surface area contributed by atoms with Gasteiger partial charge in [0.2, 0.25) is 0 Å². The first-order valence-electron chi connectivity index (χ1n) is 9.26. The molecule has 146 valence electrons. The molecule has 3 aromatic rings. The molecule has 28 heavy (non-hydrogen) atoms. The van der Waals surface area contributed by atoms with Gasteiger partial charge in [0.15, 0.2) is 16.6 Å². The van der Waals surface area contributed by atoms with Gasteiger partial charge in [-0.05, 0) is 56.7 Å². The number of aryl methyl sites for hydroxylation is 2. The van der Waals surface area contributed by atoms with Crippen molar-refractivity contribution in [2.75, 3.05) is 6.26 Å². The largest absolute Gasteiger partial charge is 0.359 e. The number of aromatic nitrogens is 3. The molecule has 0 bridgehead atoms. The summed E-state index contributed by atoms with van der Waals surface area (Å²) in [6, 6.07) is 5.85. The van der Waals surface area contributed by atoms with E-state index < -0.39 is 0 Å². The van der Waals surface area contributed by atoms with Crippen LogP contribution in [0.1, 0.15) is 63.0 Å². The lowest BCUT2D eigenvalue weighted by molar-refractivity contribution is 0.103. The SMILES string of the molecule is CSc1noc(C2CC2)c1C(=O)c1ccc(Br)cc1Cc1c(C)nn(C)c1C. The number of nitrogens with zero attached hydrogens (tertiary/aromatic N) is 3. The van der Waals surface area contributed by atoms with Crippen molar-refractivity contribution in [3.63, 3.8) is 0 Å². The third-order valence-corrected chi connectivity index (χ3v) is 6.55. The fraction of sp³-hybridized carbons (Fsp3) is 0.381. The van der Waals surface area contributed by atoms with E-state index in [-0.39, 0.29) is 5.78 Å². The van der Waals surface area contributed by atoms with Gasteiger partial charge in [0, 0.05) is 40.7 Å². The Labute approximate surface area is 177 Å². The third-order valence-electron chi connectivity index (χ3n) is 5.39. The molecule has 0 spiro atoms. The van der Waals surface area contributed by atoms with Gasteiger partial charge in [0.05, 0.1) is 11.3 Å². The summed E-state index contributed by atoms with van der Waals surface area (Å²) in [5.41, 5.74) is 5.58. The van der Waals surface area contributed by atoms with Crippen molar-refractivity contribution in [3.05, 3.63) is 62.1 Å². The van der Waals surface area contributed by atoms with Crippen molar-refractivity contribution >= 4 is 33.5 Å². The van der Waals surface area contributed by atoms with Crippen molar-refractivity contribution in [1.82, 2.24) is 14.9 Å². The Bertz CT molecular complexity index is 1070. The van der Waals surface area contributed by atoms with Gasteiger partial charge in [-0.2, -0.15) is 5.10 Å². The van der Waals surface area contributed by atoms with E-state index in [1.807, 2.05) is 43.1 Å². The van der Waals surface area contributed by atoms with Crippen LogP contribution in [-0.4, -0.2) is 27.0 Å². The van der Waals surface area contributed by atoms with Gasteiger partial charge >= 0.3 is 0 Å². The average Bonchev–Trinajstić information content (AvgIpc) is 3.38. The second-order valence-electron chi connectivity index (χ2n) is 7.29. The standard InChI is InChI=1S/C21H22BrN3O2S/c1-11-17(12(2)25(3)23-11)10-14-9-15(22)7-8-16(14)19(26)18-20(13-5-6-13)27-24-21(18)28-4/h7-9,13H,5-6,10H2,1-4H3. The summed E-state index contributed by atoms with van der Waals surface area (Å²) in [4.78, 5) is 13.6. The van der Waals surface area contributed by atoms with Gasteiger partial charge in [-0.3, -0.25) is 9.48 Å². The summed E-state index contributed by atoms with van der Waals surface area (Å²) in [6.45, 7) is 4.07. The van der Waals surface area contributed by atoms with Gasteiger partial charge in [-0.1, -0.05) is 21.1 Å². The number of benzene rings is 1. The number of halogens is 1. The van der Waals surface area contributed by atoms with E-state index in [2.05, 4.69) is 33.1 Å². The molecule has 0 unspecified atom stereocenters. The van der Waals surface area contributed by atoms with E-state index in [0.29, 0.717) is 28.5 Å². The highest BCUT2D eigenvalue weighted by Crippen LogP contribution is 2.44. The van der Waals surface area contributed by atoms with Gasteiger partial charge in [-0.15, -0.1) is 11.8 Å². The Hall–Kier alpha value is -1.86. The zero-order chi connectivity index (χ0) is 20.0. The molecular formula is C21H22BrN3O2S. The van der Waals surface area contributed by atoms with Gasteiger partial charge < -0.3 is 4.52 Å². The highest BCUT2D eigenvalue weighted by molar-refractivity contribution is 9.10. The van der Waals surface area contributed by atoms with Gasteiger partial charge in [0.1, 0.15) is 0 Å². The smallest absolute Gasteiger partial charge is 0.199 e. The Morgan fingerprint density at radius 2 is 2.11 bits per heavy atom. The Kier molecular flexibility index (Phi) is 5.22. The van der Waals surface area contributed by atoms with Crippen LogP contribution in [-0.2, 0) is 13.5 Å². The molecule has 1 aliphatic rings. The molecule has 1 saturated carbocycles. The second kappa shape index (κ2) is 7.52. The molecule has 2 aromatic heterocycles. The molecule has 2 heterocycles. The van der Waals surface area contributed by atoms with E-state index in [9.17, 15) is 4.79 Å². The van der Waals surface area contributed by atoms with E-state index in [1.54, 1.807) is 0 Å². The molecule has 0 radical (unpaired) electrons. The molecule has 1 aliphatic carbocycles. The molecule has 0 N–H and O–H groups in total. The third kappa shape index (κ3) is 3.46. The van der Waals surface area contributed by atoms with E-state index in [0.717, 1.165) is 45.6 Å². The van der Waals surface area contributed by atoms with Crippen LogP contribution in [0, 0.1) is 13.8 Å². The average molecular weight is 460 g/mol. The van der Waals surface area contributed by atoms with Crippen LogP contribution in [0.5, 0.6) is 0 Å². The lowest BCUT2D eigenvalue weighted by Crippen LogP contribution is -2.09. The monoisotopic (exact) mass is 459 g/mol. The van der Waals surface area contributed by atoms with Crippen LogP contribution in [0.15, 0.2) is 32.2 Å². The van der Waals surface area contributed by atoms with E-state index in [4.69, 9.17) is 4.52 Å². The molecule has 7 heteroatoms. The summed E-state index contributed by atoms with van der Waals surface area (Å²) in [7, 11) is 1.95. The molecule has 1 fully saturated rings. The number of hydrogen-bond donors (Lipinski definition) is 0. The van der Waals surface area contributed by atoms with Gasteiger partial charge in [-0.25, -0.2) is 0 Å². The Morgan fingerprint density at radius 1 is 1.36 bits per heavy atom. The molecular weight excluding hydrogens is 438 g/mol. The first kappa shape index (κ1) is 19.5. The van der Waals surface area contributed by atoms with Crippen LogP contribution < -0.4 is 0 Å². The van der Waals surface area contributed by atoms with Crippen LogP contribution in [0.2, 0.25) is 0 Å². The summed E-state index contributed by atoms with van der Waals surface area (Å²) >= 11 is 5.02. The molecule has 0 saturated heterocycles. The van der Waals surface area contributed by atoms with Crippen LogP contribution >= 0.6 is 27.7 Å². The van der Waals surface area contributed by atoms with E-state index in [1.165, 1.54) is 11.8 Å². The number of hydrogen-bond acceptors (Lipinski definition) is 5. The first-order chi connectivity index (χ1) is 13.4. The molecule has 0 atom stereocenters. The number of ketones is 1. The fourth-order valence-electron chi connectivity index (χ4n) is 3.59. The predicted octanol–water partition coefficient (Wildman–Crippen LogP) is 5.21.